The molecule has 0 saturated carbocycles. The van der Waals surface area contributed by atoms with Crippen LogP contribution in [0.1, 0.15) is 11.3 Å². The Balaban J connectivity index is 1.50. The van der Waals surface area contributed by atoms with Crippen molar-refractivity contribution >= 4 is 15.7 Å². The third kappa shape index (κ3) is 5.23. The van der Waals surface area contributed by atoms with Crippen LogP contribution in [0, 0.1) is 5.92 Å². The Hall–Kier alpha value is -3.03. The quantitative estimate of drug-likeness (QED) is 0.572. The van der Waals surface area contributed by atoms with E-state index in [9.17, 15) is 13.2 Å². The zero-order chi connectivity index (χ0) is 22.4. The smallest absolute Gasteiger partial charge is 0.225 e. The molecule has 1 aromatic heterocycles. The van der Waals surface area contributed by atoms with Crippen LogP contribution in [0.4, 0.5) is 0 Å². The van der Waals surface area contributed by atoms with Gasteiger partial charge in [-0.05, 0) is 29.8 Å². The molecule has 2 aromatic carbocycles. The number of hydrogen-bond donors (Lipinski definition) is 1. The topological polar surface area (TPSA) is 79.4 Å². The number of rotatable bonds is 8. The summed E-state index contributed by atoms with van der Waals surface area (Å²) in [6, 6.07) is 24.0. The van der Waals surface area contributed by atoms with Crippen molar-refractivity contribution in [3.63, 3.8) is 0 Å². The van der Waals surface area contributed by atoms with Crippen molar-refractivity contribution in [3.05, 3.63) is 96.3 Å². The molecule has 1 N–H and O–H groups in total. The molecule has 0 unspecified atom stereocenters. The second-order valence-corrected chi connectivity index (χ2v) is 10.2. The SMILES string of the molecule is O=C(NCCc1ccccn1)[C@@H]1CN(Cc2ccccc2)C[C@H]1S(=O)(=O)c1ccccc1. The highest BCUT2D eigenvalue weighted by Crippen LogP contribution is 2.29. The van der Waals surface area contributed by atoms with Gasteiger partial charge in [0.2, 0.25) is 5.91 Å². The Labute approximate surface area is 189 Å². The summed E-state index contributed by atoms with van der Waals surface area (Å²) in [6.07, 6.45) is 2.32. The van der Waals surface area contributed by atoms with E-state index >= 15 is 0 Å². The van der Waals surface area contributed by atoms with E-state index in [-0.39, 0.29) is 10.8 Å². The number of benzene rings is 2. The van der Waals surface area contributed by atoms with Gasteiger partial charge in [0.1, 0.15) is 0 Å². The first-order valence-electron chi connectivity index (χ1n) is 10.8. The maximum absolute atomic E-state index is 13.4. The Morgan fingerprint density at radius 3 is 2.31 bits per heavy atom. The lowest BCUT2D eigenvalue weighted by atomic mass is 10.1. The molecule has 6 nitrogen and oxygen atoms in total. The Morgan fingerprint density at radius 2 is 1.62 bits per heavy atom. The fourth-order valence-corrected chi connectivity index (χ4v) is 6.10. The molecule has 0 radical (unpaired) electrons. The first-order chi connectivity index (χ1) is 15.5. The van der Waals surface area contributed by atoms with Crippen LogP contribution in [-0.4, -0.2) is 49.1 Å². The first-order valence-corrected chi connectivity index (χ1v) is 12.3. The van der Waals surface area contributed by atoms with Crippen molar-refractivity contribution in [2.24, 2.45) is 5.92 Å². The maximum atomic E-state index is 13.4. The van der Waals surface area contributed by atoms with Gasteiger partial charge in [0.05, 0.1) is 16.1 Å². The number of carbonyl (C=O) groups is 1. The molecular formula is C25H27N3O3S. The van der Waals surface area contributed by atoms with Crippen LogP contribution >= 0.6 is 0 Å². The van der Waals surface area contributed by atoms with Crippen molar-refractivity contribution in [1.29, 1.82) is 0 Å². The molecule has 2 heterocycles. The molecule has 3 aromatic rings. The monoisotopic (exact) mass is 449 g/mol. The molecule has 32 heavy (non-hydrogen) atoms. The molecule has 0 aliphatic carbocycles. The molecule has 166 valence electrons. The van der Waals surface area contributed by atoms with E-state index in [4.69, 9.17) is 0 Å². The van der Waals surface area contributed by atoms with Crippen molar-refractivity contribution in [2.45, 2.75) is 23.1 Å². The number of likely N-dealkylation sites (tertiary alicyclic amines) is 1. The van der Waals surface area contributed by atoms with E-state index < -0.39 is 21.0 Å². The average molecular weight is 450 g/mol. The van der Waals surface area contributed by atoms with Crippen LogP contribution in [-0.2, 0) is 27.6 Å². The zero-order valence-corrected chi connectivity index (χ0v) is 18.6. The number of aromatic nitrogens is 1. The van der Waals surface area contributed by atoms with Gasteiger partial charge in [-0.2, -0.15) is 0 Å². The van der Waals surface area contributed by atoms with Crippen LogP contribution in [0.5, 0.6) is 0 Å². The highest BCUT2D eigenvalue weighted by atomic mass is 32.2. The second-order valence-electron chi connectivity index (χ2n) is 8.04. The normalized spacial score (nSPS) is 19.0. The van der Waals surface area contributed by atoms with Crippen molar-refractivity contribution in [3.8, 4) is 0 Å². The molecule has 1 aliphatic rings. The Kier molecular flexibility index (Phi) is 6.97. The number of carbonyl (C=O) groups excluding carboxylic acids is 1. The molecule has 1 amide bonds. The molecule has 0 bridgehead atoms. The van der Waals surface area contributed by atoms with Gasteiger partial charge in [-0.25, -0.2) is 8.42 Å². The molecule has 1 fully saturated rings. The second kappa shape index (κ2) is 10.1. The van der Waals surface area contributed by atoms with Gasteiger partial charge in [0.25, 0.3) is 0 Å². The highest BCUT2D eigenvalue weighted by molar-refractivity contribution is 7.92. The van der Waals surface area contributed by atoms with Crippen molar-refractivity contribution in [2.75, 3.05) is 19.6 Å². The van der Waals surface area contributed by atoms with Crippen molar-refractivity contribution < 1.29 is 13.2 Å². The van der Waals surface area contributed by atoms with Gasteiger partial charge in [-0.1, -0.05) is 54.6 Å². The lowest BCUT2D eigenvalue weighted by Crippen LogP contribution is -2.41. The maximum Gasteiger partial charge on any atom is 0.225 e. The van der Waals surface area contributed by atoms with Crippen molar-refractivity contribution in [1.82, 2.24) is 15.2 Å². The van der Waals surface area contributed by atoms with Crippen LogP contribution in [0.3, 0.4) is 0 Å². The number of nitrogens with zero attached hydrogens (tertiary/aromatic N) is 2. The van der Waals surface area contributed by atoms with E-state index in [0.717, 1.165) is 11.3 Å². The first kappa shape index (κ1) is 22.2. The molecule has 1 saturated heterocycles. The molecule has 4 rings (SSSR count). The van der Waals surface area contributed by atoms with Gasteiger partial charge in [0.15, 0.2) is 9.84 Å². The predicted octanol–water partition coefficient (Wildman–Crippen LogP) is 2.71. The zero-order valence-electron chi connectivity index (χ0n) is 17.8. The van der Waals surface area contributed by atoms with Crippen LogP contribution in [0.2, 0.25) is 0 Å². The average Bonchev–Trinajstić information content (AvgIpc) is 3.26. The van der Waals surface area contributed by atoms with Crippen LogP contribution in [0.25, 0.3) is 0 Å². The molecule has 0 spiro atoms. The van der Waals surface area contributed by atoms with Gasteiger partial charge >= 0.3 is 0 Å². The summed E-state index contributed by atoms with van der Waals surface area (Å²) in [5.74, 6) is -0.853. The van der Waals surface area contributed by atoms with Gasteiger partial charge < -0.3 is 5.32 Å². The fourth-order valence-electron chi connectivity index (χ4n) is 4.16. The summed E-state index contributed by atoms with van der Waals surface area (Å²) in [7, 11) is -3.65. The summed E-state index contributed by atoms with van der Waals surface area (Å²) in [5.41, 5.74) is 1.98. The summed E-state index contributed by atoms with van der Waals surface area (Å²) in [5, 5.41) is 2.15. The van der Waals surface area contributed by atoms with E-state index in [1.807, 2.05) is 48.5 Å². The van der Waals surface area contributed by atoms with Gasteiger partial charge in [-0.15, -0.1) is 0 Å². The number of sulfone groups is 1. The summed E-state index contributed by atoms with van der Waals surface area (Å²) >= 11 is 0. The lowest BCUT2D eigenvalue weighted by molar-refractivity contribution is -0.124. The predicted molar refractivity (Wildman–Crippen MR) is 124 cm³/mol. The molecule has 7 heteroatoms. The largest absolute Gasteiger partial charge is 0.355 e. The molecule has 2 atom stereocenters. The lowest BCUT2D eigenvalue weighted by Gasteiger charge is -2.18. The molecular weight excluding hydrogens is 422 g/mol. The van der Waals surface area contributed by atoms with Crippen LogP contribution < -0.4 is 5.32 Å². The number of nitrogens with one attached hydrogen (secondary N) is 1. The van der Waals surface area contributed by atoms with E-state index in [1.54, 1.807) is 36.5 Å². The third-order valence-corrected chi connectivity index (χ3v) is 8.01. The summed E-state index contributed by atoms with van der Waals surface area (Å²) in [6.45, 7) is 1.76. The molecule has 1 aliphatic heterocycles. The Morgan fingerprint density at radius 1 is 0.938 bits per heavy atom. The summed E-state index contributed by atoms with van der Waals surface area (Å²) < 4.78 is 26.9. The van der Waals surface area contributed by atoms with Crippen LogP contribution in [0.15, 0.2) is 90.0 Å². The standard InChI is InChI=1S/C25H27N3O3S/c29-25(27-16-14-21-11-7-8-15-26-21)23-18-28(17-20-9-3-1-4-10-20)19-24(23)32(30,31)22-12-5-2-6-13-22/h1-13,15,23-24H,14,16-19H2,(H,27,29)/t23-,24-/m1/s1. The van der Waals surface area contributed by atoms with E-state index in [0.29, 0.717) is 32.6 Å². The number of pyridine rings is 1. The van der Waals surface area contributed by atoms with Gasteiger partial charge in [0, 0.05) is 44.5 Å². The fraction of sp³-hybridized carbons (Fsp3) is 0.280. The minimum atomic E-state index is -3.65. The minimum Gasteiger partial charge on any atom is -0.355 e. The highest BCUT2D eigenvalue weighted by Gasteiger charge is 2.45. The number of amides is 1. The van der Waals surface area contributed by atoms with E-state index in [2.05, 4.69) is 15.2 Å². The minimum absolute atomic E-state index is 0.221. The van der Waals surface area contributed by atoms with E-state index in [1.165, 1.54) is 0 Å². The van der Waals surface area contributed by atoms with Gasteiger partial charge in [-0.3, -0.25) is 14.7 Å². The third-order valence-electron chi connectivity index (χ3n) is 5.80. The number of hydrogen-bond acceptors (Lipinski definition) is 5. The summed E-state index contributed by atoms with van der Waals surface area (Å²) in [4.78, 5) is 19.7. The Bertz CT molecular complexity index is 1120.